The maximum atomic E-state index is 11.7. The fraction of sp³-hybridized carbons (Fsp3) is 0.917. The summed E-state index contributed by atoms with van der Waals surface area (Å²) in [5.74, 6) is 1.66. The van der Waals surface area contributed by atoms with Crippen LogP contribution in [0.5, 0.6) is 0 Å². The van der Waals surface area contributed by atoms with Gasteiger partial charge >= 0.3 is 0 Å². The van der Waals surface area contributed by atoms with Crippen molar-refractivity contribution in [3.8, 4) is 0 Å². The molecule has 16 heavy (non-hydrogen) atoms. The van der Waals surface area contributed by atoms with Crippen LogP contribution in [-0.4, -0.2) is 49.1 Å². The first-order chi connectivity index (χ1) is 7.58. The minimum atomic E-state index is 0.162. The molecule has 4 heteroatoms. The van der Waals surface area contributed by atoms with Crippen LogP contribution in [-0.2, 0) is 4.79 Å². The molecule has 0 aromatic rings. The Hall–Kier alpha value is -0.610. The van der Waals surface area contributed by atoms with E-state index in [4.69, 9.17) is 0 Å². The van der Waals surface area contributed by atoms with E-state index >= 15 is 0 Å². The molecule has 2 saturated heterocycles. The summed E-state index contributed by atoms with van der Waals surface area (Å²) in [6, 6.07) is 0.782. The Balaban J connectivity index is 1.85. The largest absolute Gasteiger partial charge is 0.353 e. The molecule has 2 aliphatic rings. The molecular weight excluding hydrogens is 202 g/mol. The lowest BCUT2D eigenvalue weighted by Crippen LogP contribution is -2.43. The van der Waals surface area contributed by atoms with Gasteiger partial charge in [0.15, 0.2) is 0 Å². The number of amides is 1. The Morgan fingerprint density at radius 3 is 2.88 bits per heavy atom. The van der Waals surface area contributed by atoms with Crippen molar-refractivity contribution in [3.63, 3.8) is 0 Å². The van der Waals surface area contributed by atoms with Crippen LogP contribution < -0.4 is 10.6 Å². The Labute approximate surface area is 97.8 Å². The third-order valence-electron chi connectivity index (χ3n) is 3.85. The fourth-order valence-corrected chi connectivity index (χ4v) is 3.02. The molecule has 0 bridgehead atoms. The summed E-state index contributed by atoms with van der Waals surface area (Å²) in [4.78, 5) is 14.0. The van der Waals surface area contributed by atoms with Gasteiger partial charge in [-0.15, -0.1) is 0 Å². The zero-order valence-corrected chi connectivity index (χ0v) is 10.5. The van der Waals surface area contributed by atoms with Gasteiger partial charge in [-0.2, -0.15) is 0 Å². The minimum Gasteiger partial charge on any atom is -0.353 e. The summed E-state index contributed by atoms with van der Waals surface area (Å²) in [5, 5.41) is 6.39. The van der Waals surface area contributed by atoms with E-state index in [9.17, 15) is 4.79 Å². The highest BCUT2D eigenvalue weighted by Crippen LogP contribution is 2.31. The molecule has 0 aromatic heterocycles. The fourth-order valence-electron chi connectivity index (χ4n) is 3.02. The van der Waals surface area contributed by atoms with Crippen LogP contribution in [0.4, 0.5) is 0 Å². The Bertz CT molecular complexity index is 267. The first kappa shape index (κ1) is 11.9. The third-order valence-corrected chi connectivity index (χ3v) is 3.85. The number of carbonyl (C=O) groups excluding carboxylic acids is 1. The molecule has 0 aliphatic carbocycles. The standard InChI is InChI=1S/C12H23N3O/c1-8(2)14-12(16)7-15-6-10-4-13-5-11(10)9(15)3/h8-11,13H,4-7H2,1-3H3,(H,14,16). The van der Waals surface area contributed by atoms with Crippen molar-refractivity contribution in [3.05, 3.63) is 0 Å². The quantitative estimate of drug-likeness (QED) is 0.713. The van der Waals surface area contributed by atoms with E-state index in [2.05, 4.69) is 22.5 Å². The summed E-state index contributed by atoms with van der Waals surface area (Å²) in [5.41, 5.74) is 0. The lowest BCUT2D eigenvalue weighted by atomic mass is 9.95. The summed E-state index contributed by atoms with van der Waals surface area (Å²) in [7, 11) is 0. The van der Waals surface area contributed by atoms with E-state index in [1.807, 2.05) is 13.8 Å². The summed E-state index contributed by atoms with van der Waals surface area (Å²) < 4.78 is 0. The molecule has 3 unspecified atom stereocenters. The molecule has 0 radical (unpaired) electrons. The van der Waals surface area contributed by atoms with Gasteiger partial charge in [0.2, 0.25) is 5.91 Å². The second-order valence-corrected chi connectivity index (χ2v) is 5.47. The van der Waals surface area contributed by atoms with Gasteiger partial charge in [-0.3, -0.25) is 9.69 Å². The van der Waals surface area contributed by atoms with Gasteiger partial charge in [0.25, 0.3) is 0 Å². The molecule has 3 atom stereocenters. The average molecular weight is 225 g/mol. The van der Waals surface area contributed by atoms with Gasteiger partial charge < -0.3 is 10.6 Å². The van der Waals surface area contributed by atoms with Gasteiger partial charge in [-0.1, -0.05) is 0 Å². The predicted octanol–water partition coefficient (Wildman–Crippen LogP) is 0.0507. The van der Waals surface area contributed by atoms with Crippen molar-refractivity contribution in [2.24, 2.45) is 11.8 Å². The Morgan fingerprint density at radius 2 is 2.25 bits per heavy atom. The highest BCUT2D eigenvalue weighted by molar-refractivity contribution is 5.78. The average Bonchev–Trinajstić information content (AvgIpc) is 2.70. The Kier molecular flexibility index (Phi) is 3.50. The summed E-state index contributed by atoms with van der Waals surface area (Å²) >= 11 is 0. The van der Waals surface area contributed by atoms with Crippen LogP contribution in [0.1, 0.15) is 20.8 Å². The zero-order chi connectivity index (χ0) is 11.7. The monoisotopic (exact) mass is 225 g/mol. The van der Waals surface area contributed by atoms with Crippen LogP contribution >= 0.6 is 0 Å². The van der Waals surface area contributed by atoms with E-state index in [0.717, 1.165) is 31.5 Å². The van der Waals surface area contributed by atoms with Gasteiger partial charge in [0, 0.05) is 18.6 Å². The maximum Gasteiger partial charge on any atom is 0.234 e. The molecule has 2 fully saturated rings. The Morgan fingerprint density at radius 1 is 1.50 bits per heavy atom. The molecule has 2 heterocycles. The second-order valence-electron chi connectivity index (χ2n) is 5.47. The number of hydrogen-bond acceptors (Lipinski definition) is 3. The number of carbonyl (C=O) groups is 1. The first-order valence-electron chi connectivity index (χ1n) is 6.32. The topological polar surface area (TPSA) is 44.4 Å². The number of hydrogen-bond donors (Lipinski definition) is 2. The van der Waals surface area contributed by atoms with Crippen molar-refractivity contribution < 1.29 is 4.79 Å². The highest BCUT2D eigenvalue weighted by Gasteiger charge is 2.41. The molecule has 2 aliphatic heterocycles. The van der Waals surface area contributed by atoms with E-state index in [-0.39, 0.29) is 11.9 Å². The van der Waals surface area contributed by atoms with Gasteiger partial charge in [0.1, 0.15) is 0 Å². The first-order valence-corrected chi connectivity index (χ1v) is 6.32. The number of rotatable bonds is 3. The van der Waals surface area contributed by atoms with Gasteiger partial charge in [-0.05, 0) is 45.7 Å². The van der Waals surface area contributed by atoms with Crippen LogP contribution in [0, 0.1) is 11.8 Å². The molecule has 0 saturated carbocycles. The minimum absolute atomic E-state index is 0.162. The number of likely N-dealkylation sites (tertiary alicyclic amines) is 1. The molecule has 0 aromatic carbocycles. The molecule has 2 rings (SSSR count). The van der Waals surface area contributed by atoms with Gasteiger partial charge in [0.05, 0.1) is 6.54 Å². The van der Waals surface area contributed by atoms with E-state index in [1.54, 1.807) is 0 Å². The summed E-state index contributed by atoms with van der Waals surface area (Å²) in [6.45, 7) is 10.1. The summed E-state index contributed by atoms with van der Waals surface area (Å²) in [6.07, 6.45) is 0. The highest BCUT2D eigenvalue weighted by atomic mass is 16.2. The van der Waals surface area contributed by atoms with Crippen molar-refractivity contribution in [1.82, 2.24) is 15.5 Å². The second kappa shape index (κ2) is 4.72. The zero-order valence-electron chi connectivity index (χ0n) is 10.5. The molecule has 0 spiro atoms. The van der Waals surface area contributed by atoms with Crippen LogP contribution in [0.25, 0.3) is 0 Å². The van der Waals surface area contributed by atoms with E-state index in [0.29, 0.717) is 12.6 Å². The van der Waals surface area contributed by atoms with Crippen molar-refractivity contribution in [2.45, 2.75) is 32.9 Å². The lowest BCUT2D eigenvalue weighted by molar-refractivity contribution is -0.123. The molecule has 92 valence electrons. The molecule has 4 nitrogen and oxygen atoms in total. The van der Waals surface area contributed by atoms with Gasteiger partial charge in [-0.25, -0.2) is 0 Å². The number of fused-ring (bicyclic) bond motifs is 1. The molecular formula is C12H23N3O. The van der Waals surface area contributed by atoms with Crippen molar-refractivity contribution in [2.75, 3.05) is 26.2 Å². The lowest BCUT2D eigenvalue weighted by Gasteiger charge is -2.24. The smallest absolute Gasteiger partial charge is 0.234 e. The SMILES string of the molecule is CC(C)NC(=O)CN1CC2CNCC2C1C. The number of nitrogens with one attached hydrogen (secondary N) is 2. The van der Waals surface area contributed by atoms with Crippen molar-refractivity contribution >= 4 is 5.91 Å². The third kappa shape index (κ3) is 2.38. The van der Waals surface area contributed by atoms with Crippen molar-refractivity contribution in [1.29, 1.82) is 0 Å². The molecule has 2 N–H and O–H groups in total. The van der Waals surface area contributed by atoms with Crippen LogP contribution in [0.3, 0.4) is 0 Å². The normalized spacial score (nSPS) is 34.4. The maximum absolute atomic E-state index is 11.7. The van der Waals surface area contributed by atoms with E-state index in [1.165, 1.54) is 0 Å². The predicted molar refractivity (Wildman–Crippen MR) is 64.2 cm³/mol. The van der Waals surface area contributed by atoms with E-state index < -0.39 is 0 Å². The molecule has 1 amide bonds. The van der Waals surface area contributed by atoms with Crippen LogP contribution in [0.2, 0.25) is 0 Å². The van der Waals surface area contributed by atoms with Crippen LogP contribution in [0.15, 0.2) is 0 Å². The number of nitrogens with zero attached hydrogens (tertiary/aromatic N) is 1.